The zero-order valence-corrected chi connectivity index (χ0v) is 12.1. The van der Waals surface area contributed by atoms with E-state index in [-0.39, 0.29) is 11.1 Å². The topological polar surface area (TPSA) is 52.0 Å². The molecule has 4 aromatic rings. The van der Waals surface area contributed by atoms with E-state index in [2.05, 4.69) is 4.98 Å². The van der Waals surface area contributed by atoms with Crippen LogP contribution in [0.4, 0.5) is 0 Å². The highest BCUT2D eigenvalue weighted by Gasteiger charge is 2.11. The van der Waals surface area contributed by atoms with Crippen molar-refractivity contribution in [1.82, 2.24) is 9.55 Å². The van der Waals surface area contributed by atoms with Gasteiger partial charge in [-0.15, -0.1) is 0 Å². The standard InChI is InChI=1S/C19H12N2O2/c22-18-16-7-3-1-5-14(16)15-6-2-4-8-17(15)19(23)21(18)13-9-11-20-12-10-13/h1-12H. The van der Waals surface area contributed by atoms with Crippen molar-refractivity contribution in [2.45, 2.75) is 0 Å². The van der Waals surface area contributed by atoms with E-state index in [1.807, 2.05) is 24.3 Å². The van der Waals surface area contributed by atoms with Crippen molar-refractivity contribution in [3.05, 3.63) is 93.8 Å². The summed E-state index contributed by atoms with van der Waals surface area (Å²) < 4.78 is 1.21. The second-order valence-electron chi connectivity index (χ2n) is 5.24. The molecule has 0 amide bonds. The van der Waals surface area contributed by atoms with Crippen molar-refractivity contribution in [3.8, 4) is 5.69 Å². The molecule has 0 aliphatic heterocycles. The van der Waals surface area contributed by atoms with E-state index < -0.39 is 0 Å². The van der Waals surface area contributed by atoms with E-state index >= 15 is 0 Å². The van der Waals surface area contributed by atoms with Gasteiger partial charge in [-0.05, 0) is 35.0 Å². The maximum atomic E-state index is 13.0. The molecule has 0 fully saturated rings. The summed E-state index contributed by atoms with van der Waals surface area (Å²) in [5.74, 6) is 0. The number of hydrogen-bond acceptors (Lipinski definition) is 3. The minimum atomic E-state index is -0.326. The van der Waals surface area contributed by atoms with Crippen LogP contribution in [-0.2, 0) is 0 Å². The normalized spacial score (nSPS) is 11.0. The summed E-state index contributed by atoms with van der Waals surface area (Å²) in [6.45, 7) is 0. The van der Waals surface area contributed by atoms with Crippen LogP contribution < -0.4 is 11.1 Å². The van der Waals surface area contributed by atoms with Gasteiger partial charge in [0.05, 0.1) is 5.69 Å². The van der Waals surface area contributed by atoms with Gasteiger partial charge in [-0.3, -0.25) is 14.6 Å². The number of fused-ring (bicyclic) bond motifs is 3. The van der Waals surface area contributed by atoms with Crippen LogP contribution in [0.15, 0.2) is 82.6 Å². The maximum Gasteiger partial charge on any atom is 0.265 e. The van der Waals surface area contributed by atoms with Crippen molar-refractivity contribution in [2.24, 2.45) is 0 Å². The molecule has 4 heteroatoms. The number of nitrogens with zero attached hydrogens (tertiary/aromatic N) is 2. The van der Waals surface area contributed by atoms with Crippen LogP contribution in [0, 0.1) is 0 Å². The van der Waals surface area contributed by atoms with Gasteiger partial charge in [0.2, 0.25) is 0 Å². The van der Waals surface area contributed by atoms with Gasteiger partial charge in [-0.25, -0.2) is 4.57 Å². The Morgan fingerprint density at radius 1 is 0.609 bits per heavy atom. The highest BCUT2D eigenvalue weighted by Crippen LogP contribution is 2.19. The van der Waals surface area contributed by atoms with Crippen molar-refractivity contribution < 1.29 is 0 Å². The van der Waals surface area contributed by atoms with Crippen LogP contribution >= 0.6 is 0 Å². The molecule has 4 rings (SSSR count). The Balaban J connectivity index is 2.37. The number of pyridine rings is 1. The lowest BCUT2D eigenvalue weighted by Gasteiger charge is -2.01. The Hall–Kier alpha value is -3.27. The van der Waals surface area contributed by atoms with Gasteiger partial charge < -0.3 is 0 Å². The third-order valence-corrected chi connectivity index (χ3v) is 3.93. The third-order valence-electron chi connectivity index (χ3n) is 3.93. The van der Waals surface area contributed by atoms with Crippen LogP contribution in [0.1, 0.15) is 0 Å². The Morgan fingerprint density at radius 2 is 1.04 bits per heavy atom. The molecule has 23 heavy (non-hydrogen) atoms. The second kappa shape index (κ2) is 5.18. The lowest BCUT2D eigenvalue weighted by atomic mass is 10.1. The van der Waals surface area contributed by atoms with Gasteiger partial charge in [0.1, 0.15) is 0 Å². The second-order valence-corrected chi connectivity index (χ2v) is 5.24. The minimum absolute atomic E-state index is 0.326. The molecular weight excluding hydrogens is 288 g/mol. The first-order chi connectivity index (χ1) is 11.3. The van der Waals surface area contributed by atoms with Crippen molar-refractivity contribution in [2.75, 3.05) is 0 Å². The van der Waals surface area contributed by atoms with Crippen molar-refractivity contribution >= 4 is 21.5 Å². The predicted molar refractivity (Wildman–Crippen MR) is 91.1 cm³/mol. The molecule has 0 N–H and O–H groups in total. The first kappa shape index (κ1) is 13.4. The molecule has 4 nitrogen and oxygen atoms in total. The average Bonchev–Trinajstić information content (AvgIpc) is 2.71. The molecule has 0 aliphatic carbocycles. The van der Waals surface area contributed by atoms with Gasteiger partial charge in [-0.1, -0.05) is 36.4 Å². The first-order valence-electron chi connectivity index (χ1n) is 7.24. The molecule has 0 saturated heterocycles. The highest BCUT2D eigenvalue weighted by molar-refractivity contribution is 6.05. The fourth-order valence-electron chi connectivity index (χ4n) is 2.87. The molecule has 2 aromatic heterocycles. The van der Waals surface area contributed by atoms with E-state index in [1.165, 1.54) is 4.57 Å². The van der Waals surface area contributed by atoms with Crippen molar-refractivity contribution in [3.63, 3.8) is 0 Å². The summed E-state index contributed by atoms with van der Waals surface area (Å²) in [5, 5.41) is 2.58. The molecule has 0 aliphatic rings. The third kappa shape index (κ3) is 2.04. The number of rotatable bonds is 1. The zero-order valence-electron chi connectivity index (χ0n) is 12.1. The number of hydrogen-bond donors (Lipinski definition) is 0. The van der Waals surface area contributed by atoms with E-state index in [0.29, 0.717) is 16.5 Å². The van der Waals surface area contributed by atoms with Gasteiger partial charge in [0.25, 0.3) is 11.1 Å². The summed E-state index contributed by atoms with van der Waals surface area (Å²) in [6, 6.07) is 17.9. The van der Waals surface area contributed by atoms with E-state index in [0.717, 1.165) is 10.8 Å². The average molecular weight is 300 g/mol. The van der Waals surface area contributed by atoms with E-state index in [4.69, 9.17) is 0 Å². The van der Waals surface area contributed by atoms with Gasteiger partial charge >= 0.3 is 0 Å². The first-order valence-corrected chi connectivity index (χ1v) is 7.24. The quantitative estimate of drug-likeness (QED) is 0.543. The summed E-state index contributed by atoms with van der Waals surface area (Å²) in [6.07, 6.45) is 3.14. The van der Waals surface area contributed by atoms with Crippen molar-refractivity contribution in [1.29, 1.82) is 0 Å². The van der Waals surface area contributed by atoms with Crippen LogP contribution in [0.5, 0.6) is 0 Å². The van der Waals surface area contributed by atoms with Gasteiger partial charge in [-0.2, -0.15) is 0 Å². The summed E-state index contributed by atoms with van der Waals surface area (Å²) >= 11 is 0. The predicted octanol–water partition coefficient (Wildman–Crippen LogP) is 2.90. The Labute approximate surface area is 131 Å². The summed E-state index contributed by atoms with van der Waals surface area (Å²) in [4.78, 5) is 30.0. The van der Waals surface area contributed by atoms with E-state index in [1.54, 1.807) is 48.8 Å². The fraction of sp³-hybridized carbons (Fsp3) is 0. The smallest absolute Gasteiger partial charge is 0.265 e. The molecule has 0 atom stereocenters. The molecule has 0 saturated carbocycles. The molecule has 2 heterocycles. The fourth-order valence-corrected chi connectivity index (χ4v) is 2.87. The largest absolute Gasteiger partial charge is 0.268 e. The van der Waals surface area contributed by atoms with Crippen LogP contribution in [0.3, 0.4) is 0 Å². The zero-order chi connectivity index (χ0) is 15.8. The van der Waals surface area contributed by atoms with Gasteiger partial charge in [0.15, 0.2) is 0 Å². The molecule has 0 spiro atoms. The molecular formula is C19H12N2O2. The summed E-state index contributed by atoms with van der Waals surface area (Å²) in [5.41, 5.74) is -0.137. The lowest BCUT2D eigenvalue weighted by Crippen LogP contribution is -2.28. The Bertz CT molecular complexity index is 1080. The van der Waals surface area contributed by atoms with Gasteiger partial charge in [0, 0.05) is 23.2 Å². The maximum absolute atomic E-state index is 13.0. The molecule has 110 valence electrons. The SMILES string of the molecule is O=c1c2ccccc2c2ccccc2c(=O)n1-c1ccncc1. The lowest BCUT2D eigenvalue weighted by molar-refractivity contribution is 0.970. The number of benzene rings is 2. The van der Waals surface area contributed by atoms with Crippen LogP contribution in [0.25, 0.3) is 27.2 Å². The molecule has 0 unspecified atom stereocenters. The Morgan fingerprint density at radius 3 is 1.52 bits per heavy atom. The Kier molecular flexibility index (Phi) is 3.01. The highest BCUT2D eigenvalue weighted by atomic mass is 16.2. The number of aromatic nitrogens is 2. The molecule has 0 bridgehead atoms. The minimum Gasteiger partial charge on any atom is -0.268 e. The summed E-state index contributed by atoms with van der Waals surface area (Å²) in [7, 11) is 0. The van der Waals surface area contributed by atoms with Crippen LogP contribution in [-0.4, -0.2) is 9.55 Å². The monoisotopic (exact) mass is 300 g/mol. The molecule has 2 aromatic carbocycles. The molecule has 0 radical (unpaired) electrons. The van der Waals surface area contributed by atoms with Crippen LogP contribution in [0.2, 0.25) is 0 Å². The van der Waals surface area contributed by atoms with E-state index in [9.17, 15) is 9.59 Å².